The van der Waals surface area contributed by atoms with E-state index in [0.717, 1.165) is 19.4 Å². The number of nitrogens with one attached hydrogen (secondary N) is 1. The minimum Gasteiger partial charge on any atom is -0.389 e. The number of aliphatic hydroxyl groups is 1. The second-order valence-corrected chi connectivity index (χ2v) is 3.65. The van der Waals surface area contributed by atoms with E-state index < -0.39 is 0 Å². The van der Waals surface area contributed by atoms with Crippen molar-refractivity contribution < 1.29 is 9.84 Å². The average molecular weight is 189 g/mol. The van der Waals surface area contributed by atoms with Gasteiger partial charge in [0.05, 0.1) is 12.7 Å². The van der Waals surface area contributed by atoms with E-state index in [4.69, 9.17) is 4.74 Å². The van der Waals surface area contributed by atoms with Crippen molar-refractivity contribution in [2.45, 2.75) is 45.8 Å². The summed E-state index contributed by atoms with van der Waals surface area (Å²) in [6.45, 7) is 8.06. The lowest BCUT2D eigenvalue weighted by molar-refractivity contribution is 0.0351. The molecule has 0 aliphatic carbocycles. The molecule has 0 heterocycles. The van der Waals surface area contributed by atoms with Crippen molar-refractivity contribution in [1.29, 1.82) is 0 Å². The minimum atomic E-state index is -0.376. The first-order valence-corrected chi connectivity index (χ1v) is 5.16. The topological polar surface area (TPSA) is 41.5 Å². The van der Waals surface area contributed by atoms with Crippen LogP contribution in [0.2, 0.25) is 0 Å². The van der Waals surface area contributed by atoms with Crippen molar-refractivity contribution >= 4 is 0 Å². The minimum absolute atomic E-state index is 0.376. The molecular weight excluding hydrogens is 166 g/mol. The second-order valence-electron chi connectivity index (χ2n) is 3.65. The third kappa shape index (κ3) is 9.80. The predicted molar refractivity (Wildman–Crippen MR) is 54.9 cm³/mol. The molecule has 0 bridgehead atoms. The van der Waals surface area contributed by atoms with Gasteiger partial charge in [-0.3, -0.25) is 0 Å². The highest BCUT2D eigenvalue weighted by molar-refractivity contribution is 4.60. The molecule has 3 heteroatoms. The zero-order valence-corrected chi connectivity index (χ0v) is 9.05. The van der Waals surface area contributed by atoms with Gasteiger partial charge in [-0.05, 0) is 6.42 Å². The van der Waals surface area contributed by atoms with Gasteiger partial charge in [0.1, 0.15) is 0 Å². The summed E-state index contributed by atoms with van der Waals surface area (Å²) < 4.78 is 5.28. The number of rotatable bonds is 8. The van der Waals surface area contributed by atoms with Crippen LogP contribution in [0, 0.1) is 0 Å². The van der Waals surface area contributed by atoms with E-state index in [1.165, 1.54) is 0 Å². The Balaban J connectivity index is 3.15. The Morgan fingerprint density at radius 2 is 2.08 bits per heavy atom. The van der Waals surface area contributed by atoms with Crippen LogP contribution in [0.1, 0.15) is 33.6 Å². The largest absolute Gasteiger partial charge is 0.389 e. The molecule has 0 fully saturated rings. The van der Waals surface area contributed by atoms with Crippen LogP contribution in [-0.4, -0.2) is 37.0 Å². The summed E-state index contributed by atoms with van der Waals surface area (Å²) in [7, 11) is 0. The highest BCUT2D eigenvalue weighted by atomic mass is 16.5. The van der Waals surface area contributed by atoms with E-state index in [2.05, 4.69) is 26.1 Å². The van der Waals surface area contributed by atoms with Gasteiger partial charge in [0.2, 0.25) is 0 Å². The highest BCUT2D eigenvalue weighted by Crippen LogP contribution is 1.90. The zero-order valence-electron chi connectivity index (χ0n) is 9.05. The van der Waals surface area contributed by atoms with Gasteiger partial charge >= 0.3 is 0 Å². The molecule has 1 unspecified atom stereocenters. The molecule has 2 N–H and O–H groups in total. The predicted octanol–water partition coefficient (Wildman–Crippen LogP) is 1.16. The van der Waals surface area contributed by atoms with Gasteiger partial charge in [-0.2, -0.15) is 0 Å². The second kappa shape index (κ2) is 8.48. The van der Waals surface area contributed by atoms with Crippen molar-refractivity contribution in [3.05, 3.63) is 0 Å². The van der Waals surface area contributed by atoms with Gasteiger partial charge in [-0.1, -0.05) is 27.2 Å². The molecule has 0 aromatic heterocycles. The zero-order chi connectivity index (χ0) is 10.1. The number of hydrogen-bond acceptors (Lipinski definition) is 3. The normalized spacial score (nSPS) is 13.6. The fourth-order valence-electron chi connectivity index (χ4n) is 0.896. The monoisotopic (exact) mass is 189 g/mol. The summed E-state index contributed by atoms with van der Waals surface area (Å²) in [6.07, 6.45) is 1.84. The Kier molecular flexibility index (Phi) is 8.40. The Hall–Kier alpha value is -0.120. The lowest BCUT2D eigenvalue weighted by Crippen LogP contribution is -2.34. The summed E-state index contributed by atoms with van der Waals surface area (Å²) in [5.74, 6) is 0. The van der Waals surface area contributed by atoms with E-state index in [-0.39, 0.29) is 6.10 Å². The van der Waals surface area contributed by atoms with Gasteiger partial charge in [0.15, 0.2) is 0 Å². The molecule has 0 saturated carbocycles. The van der Waals surface area contributed by atoms with Crippen molar-refractivity contribution in [2.75, 3.05) is 19.8 Å². The Labute approximate surface area is 81.5 Å². The third-order valence-electron chi connectivity index (χ3n) is 1.71. The molecule has 13 heavy (non-hydrogen) atoms. The van der Waals surface area contributed by atoms with Crippen molar-refractivity contribution in [1.82, 2.24) is 5.32 Å². The number of hydrogen-bond donors (Lipinski definition) is 2. The lowest BCUT2D eigenvalue weighted by atomic mass is 10.3. The molecule has 0 aromatic rings. The van der Waals surface area contributed by atoms with Gasteiger partial charge < -0.3 is 15.2 Å². The quantitative estimate of drug-likeness (QED) is 0.563. The van der Waals surface area contributed by atoms with Crippen LogP contribution < -0.4 is 5.32 Å². The smallest absolute Gasteiger partial charge is 0.0897 e. The molecule has 0 spiro atoms. The van der Waals surface area contributed by atoms with Crippen LogP contribution in [0.4, 0.5) is 0 Å². The number of ether oxygens (including phenoxy) is 1. The number of unbranched alkanes of at least 4 members (excludes halogenated alkanes) is 1. The van der Waals surface area contributed by atoms with Gasteiger partial charge in [-0.15, -0.1) is 0 Å². The van der Waals surface area contributed by atoms with Gasteiger partial charge in [0, 0.05) is 19.2 Å². The maximum Gasteiger partial charge on any atom is 0.0897 e. The number of aliphatic hydroxyl groups excluding tert-OH is 1. The first-order chi connectivity index (χ1) is 6.16. The summed E-state index contributed by atoms with van der Waals surface area (Å²) in [5.41, 5.74) is 0. The molecule has 80 valence electrons. The summed E-state index contributed by atoms with van der Waals surface area (Å²) in [6, 6.07) is 0.422. The van der Waals surface area contributed by atoms with Crippen LogP contribution in [-0.2, 0) is 4.74 Å². The molecule has 0 aliphatic heterocycles. The maximum absolute atomic E-state index is 9.41. The summed E-state index contributed by atoms with van der Waals surface area (Å²) in [5, 5.41) is 12.6. The van der Waals surface area contributed by atoms with Crippen LogP contribution in [0.15, 0.2) is 0 Å². The maximum atomic E-state index is 9.41. The van der Waals surface area contributed by atoms with Crippen molar-refractivity contribution in [3.63, 3.8) is 0 Å². The summed E-state index contributed by atoms with van der Waals surface area (Å²) in [4.78, 5) is 0. The fourth-order valence-corrected chi connectivity index (χ4v) is 0.896. The van der Waals surface area contributed by atoms with E-state index in [1.807, 2.05) is 0 Å². The van der Waals surface area contributed by atoms with Crippen LogP contribution >= 0.6 is 0 Å². The molecule has 0 saturated heterocycles. The SMILES string of the molecule is CCCCOCC(O)CNC(C)C. The molecule has 0 aromatic carbocycles. The molecule has 1 atom stereocenters. The Morgan fingerprint density at radius 1 is 1.38 bits per heavy atom. The Bertz CT molecular complexity index is 107. The van der Waals surface area contributed by atoms with Crippen molar-refractivity contribution in [2.24, 2.45) is 0 Å². The van der Waals surface area contributed by atoms with Gasteiger partial charge in [0.25, 0.3) is 0 Å². The van der Waals surface area contributed by atoms with Crippen LogP contribution in [0.3, 0.4) is 0 Å². The first-order valence-electron chi connectivity index (χ1n) is 5.16. The summed E-state index contributed by atoms with van der Waals surface area (Å²) >= 11 is 0. The molecule has 0 radical (unpaired) electrons. The van der Waals surface area contributed by atoms with Crippen molar-refractivity contribution in [3.8, 4) is 0 Å². The van der Waals surface area contributed by atoms with Crippen LogP contribution in [0.5, 0.6) is 0 Å². The van der Waals surface area contributed by atoms with Gasteiger partial charge in [-0.25, -0.2) is 0 Å². The lowest BCUT2D eigenvalue weighted by Gasteiger charge is -2.13. The molecule has 0 rings (SSSR count). The molecule has 0 amide bonds. The van der Waals surface area contributed by atoms with Crippen LogP contribution in [0.25, 0.3) is 0 Å². The fraction of sp³-hybridized carbons (Fsp3) is 1.00. The highest BCUT2D eigenvalue weighted by Gasteiger charge is 2.03. The van der Waals surface area contributed by atoms with E-state index in [1.54, 1.807) is 0 Å². The van der Waals surface area contributed by atoms with E-state index in [0.29, 0.717) is 19.2 Å². The Morgan fingerprint density at radius 3 is 2.62 bits per heavy atom. The molecular formula is C10H23NO2. The molecule has 0 aliphatic rings. The third-order valence-corrected chi connectivity index (χ3v) is 1.71. The van der Waals surface area contributed by atoms with E-state index >= 15 is 0 Å². The first kappa shape index (κ1) is 12.9. The molecule has 3 nitrogen and oxygen atoms in total. The standard InChI is InChI=1S/C10H23NO2/c1-4-5-6-13-8-10(12)7-11-9(2)3/h9-12H,4-8H2,1-3H3. The average Bonchev–Trinajstić information content (AvgIpc) is 2.09. The van der Waals surface area contributed by atoms with E-state index in [9.17, 15) is 5.11 Å².